The highest BCUT2D eigenvalue weighted by molar-refractivity contribution is 7.11. The Labute approximate surface area is 146 Å². The number of nitrogens with zero attached hydrogens (tertiary/aromatic N) is 3. The highest BCUT2D eigenvalue weighted by atomic mass is 32.1. The Balaban J connectivity index is 1.71. The molecule has 1 aliphatic heterocycles. The molecular weight excluding hydrogens is 324 g/mol. The number of thiophene rings is 1. The summed E-state index contributed by atoms with van der Waals surface area (Å²) in [7, 11) is 1.64. The second-order valence-electron chi connectivity index (χ2n) is 6.17. The molecule has 1 aliphatic rings. The molecule has 0 fully saturated rings. The second-order valence-corrected chi connectivity index (χ2v) is 7.54. The number of fused-ring (bicyclic) bond motifs is 1. The monoisotopic (exact) mass is 348 g/mol. The van der Waals surface area contributed by atoms with Crippen LogP contribution in [-0.4, -0.2) is 47.4 Å². The van der Waals surface area contributed by atoms with E-state index in [0.29, 0.717) is 19.7 Å². The standard InChI is InChI=1S/C17H24N4O2S/c1-13-3-4-16(24-13)12-20-9-14(17(22)18-7-8-23-2)10-21-15(11-20)5-6-19-21/h3-6,14H,7-12H2,1-2H3,(H,18,22). The molecule has 0 radical (unpaired) electrons. The summed E-state index contributed by atoms with van der Waals surface area (Å²) in [5, 5.41) is 7.34. The summed E-state index contributed by atoms with van der Waals surface area (Å²) in [6, 6.07) is 6.37. The van der Waals surface area contributed by atoms with Crippen LogP contribution in [0.3, 0.4) is 0 Å². The van der Waals surface area contributed by atoms with Gasteiger partial charge in [0.25, 0.3) is 0 Å². The lowest BCUT2D eigenvalue weighted by Gasteiger charge is -2.22. The van der Waals surface area contributed by atoms with Gasteiger partial charge in [0, 0.05) is 49.2 Å². The Kier molecular flexibility index (Phi) is 5.65. The summed E-state index contributed by atoms with van der Waals surface area (Å²) in [6.07, 6.45) is 1.81. The largest absolute Gasteiger partial charge is 0.383 e. The third-order valence-electron chi connectivity index (χ3n) is 4.21. The molecule has 0 saturated carbocycles. The van der Waals surface area contributed by atoms with E-state index in [1.54, 1.807) is 7.11 Å². The van der Waals surface area contributed by atoms with Crippen molar-refractivity contribution in [3.63, 3.8) is 0 Å². The van der Waals surface area contributed by atoms with E-state index in [1.807, 2.05) is 28.3 Å². The van der Waals surface area contributed by atoms with Crippen LogP contribution in [0.15, 0.2) is 24.4 Å². The van der Waals surface area contributed by atoms with Crippen molar-refractivity contribution in [2.75, 3.05) is 26.8 Å². The number of rotatable bonds is 6. The molecule has 3 heterocycles. The first kappa shape index (κ1) is 17.1. The van der Waals surface area contributed by atoms with Gasteiger partial charge < -0.3 is 10.1 Å². The van der Waals surface area contributed by atoms with Crippen molar-refractivity contribution in [3.05, 3.63) is 39.8 Å². The number of methoxy groups -OCH3 is 1. The Hall–Kier alpha value is -1.70. The van der Waals surface area contributed by atoms with Gasteiger partial charge in [0.2, 0.25) is 5.91 Å². The van der Waals surface area contributed by atoms with E-state index in [-0.39, 0.29) is 11.8 Å². The smallest absolute Gasteiger partial charge is 0.226 e. The van der Waals surface area contributed by atoms with E-state index in [1.165, 1.54) is 9.75 Å². The molecule has 6 nitrogen and oxygen atoms in total. The van der Waals surface area contributed by atoms with E-state index >= 15 is 0 Å². The van der Waals surface area contributed by atoms with Crippen molar-refractivity contribution in [2.45, 2.75) is 26.6 Å². The van der Waals surface area contributed by atoms with Crippen molar-refractivity contribution in [1.82, 2.24) is 20.0 Å². The minimum Gasteiger partial charge on any atom is -0.383 e. The van der Waals surface area contributed by atoms with Gasteiger partial charge in [-0.3, -0.25) is 14.4 Å². The molecule has 0 aliphatic carbocycles. The molecule has 0 bridgehead atoms. The van der Waals surface area contributed by atoms with E-state index < -0.39 is 0 Å². The zero-order valence-corrected chi connectivity index (χ0v) is 15.0. The SMILES string of the molecule is COCCNC(=O)C1CN(Cc2ccc(C)s2)Cc2ccnn2C1. The Morgan fingerprint density at radius 3 is 3.04 bits per heavy atom. The van der Waals surface area contributed by atoms with E-state index in [0.717, 1.165) is 25.3 Å². The number of ether oxygens (including phenoxy) is 1. The molecule has 130 valence electrons. The molecule has 0 spiro atoms. The van der Waals surface area contributed by atoms with Crippen molar-refractivity contribution < 1.29 is 9.53 Å². The molecule has 2 aromatic rings. The van der Waals surface area contributed by atoms with Crippen LogP contribution in [0.4, 0.5) is 0 Å². The second kappa shape index (κ2) is 7.92. The third kappa shape index (κ3) is 4.23. The van der Waals surface area contributed by atoms with Crippen molar-refractivity contribution in [3.8, 4) is 0 Å². The van der Waals surface area contributed by atoms with Gasteiger partial charge >= 0.3 is 0 Å². The van der Waals surface area contributed by atoms with Gasteiger partial charge in [-0.1, -0.05) is 0 Å². The normalized spacial score (nSPS) is 18.2. The quantitative estimate of drug-likeness (QED) is 0.807. The lowest BCUT2D eigenvalue weighted by atomic mass is 10.1. The summed E-state index contributed by atoms with van der Waals surface area (Å²) in [4.78, 5) is 17.5. The van der Waals surface area contributed by atoms with Crippen LogP contribution in [0.25, 0.3) is 0 Å². The molecule has 24 heavy (non-hydrogen) atoms. The third-order valence-corrected chi connectivity index (χ3v) is 5.20. The first-order valence-corrected chi connectivity index (χ1v) is 9.02. The topological polar surface area (TPSA) is 59.4 Å². The Morgan fingerprint density at radius 1 is 1.42 bits per heavy atom. The summed E-state index contributed by atoms with van der Waals surface area (Å²) in [5.74, 6) is -0.0353. The molecule has 1 amide bonds. The predicted octanol–water partition coefficient (Wildman–Crippen LogP) is 1.65. The minimum atomic E-state index is -0.107. The molecule has 1 atom stereocenters. The van der Waals surface area contributed by atoms with Gasteiger partial charge in [0.1, 0.15) is 0 Å². The number of carbonyl (C=O) groups is 1. The van der Waals surface area contributed by atoms with Crippen LogP contribution < -0.4 is 5.32 Å². The van der Waals surface area contributed by atoms with Crippen molar-refractivity contribution in [1.29, 1.82) is 0 Å². The van der Waals surface area contributed by atoms with Crippen LogP contribution in [-0.2, 0) is 29.2 Å². The molecule has 7 heteroatoms. The lowest BCUT2D eigenvalue weighted by Crippen LogP contribution is -2.40. The number of carbonyl (C=O) groups excluding carboxylic acids is 1. The zero-order chi connectivity index (χ0) is 16.9. The average Bonchev–Trinajstić information content (AvgIpc) is 3.12. The van der Waals surface area contributed by atoms with Crippen molar-refractivity contribution in [2.24, 2.45) is 5.92 Å². The fourth-order valence-corrected chi connectivity index (χ4v) is 3.96. The van der Waals surface area contributed by atoms with E-state index in [4.69, 9.17) is 4.74 Å². The summed E-state index contributed by atoms with van der Waals surface area (Å²) >= 11 is 1.82. The van der Waals surface area contributed by atoms with E-state index in [9.17, 15) is 4.79 Å². The zero-order valence-electron chi connectivity index (χ0n) is 14.2. The minimum absolute atomic E-state index is 0.0720. The highest BCUT2D eigenvalue weighted by Gasteiger charge is 2.27. The van der Waals surface area contributed by atoms with Crippen LogP contribution in [0.2, 0.25) is 0 Å². The van der Waals surface area contributed by atoms with Crippen molar-refractivity contribution >= 4 is 17.2 Å². The molecule has 2 aromatic heterocycles. The van der Waals surface area contributed by atoms with Gasteiger partial charge in [0.05, 0.1) is 24.8 Å². The highest BCUT2D eigenvalue weighted by Crippen LogP contribution is 2.22. The number of hydrogen-bond donors (Lipinski definition) is 1. The number of aromatic nitrogens is 2. The maximum Gasteiger partial charge on any atom is 0.226 e. The van der Waals surface area contributed by atoms with Gasteiger partial charge in [-0.15, -0.1) is 11.3 Å². The van der Waals surface area contributed by atoms with Gasteiger partial charge in [0.15, 0.2) is 0 Å². The molecule has 1 unspecified atom stereocenters. The fraction of sp³-hybridized carbons (Fsp3) is 0.529. The van der Waals surface area contributed by atoms with Gasteiger partial charge in [-0.25, -0.2) is 0 Å². The number of amides is 1. The van der Waals surface area contributed by atoms with Crippen LogP contribution in [0, 0.1) is 12.8 Å². The molecule has 1 N–H and O–H groups in total. The van der Waals surface area contributed by atoms with Gasteiger partial charge in [-0.05, 0) is 25.1 Å². The Morgan fingerprint density at radius 2 is 2.29 bits per heavy atom. The van der Waals surface area contributed by atoms with E-state index in [2.05, 4.69) is 34.4 Å². The molecular formula is C17H24N4O2S. The number of nitrogens with one attached hydrogen (secondary N) is 1. The molecule has 0 saturated heterocycles. The molecule has 0 aromatic carbocycles. The number of aryl methyl sites for hydroxylation is 1. The summed E-state index contributed by atoms with van der Waals surface area (Å²) in [6.45, 7) is 6.24. The summed E-state index contributed by atoms with van der Waals surface area (Å²) < 4.78 is 6.97. The maximum atomic E-state index is 12.5. The first-order valence-electron chi connectivity index (χ1n) is 8.20. The lowest BCUT2D eigenvalue weighted by molar-refractivity contribution is -0.126. The summed E-state index contributed by atoms with van der Waals surface area (Å²) in [5.41, 5.74) is 1.16. The van der Waals surface area contributed by atoms with Crippen LogP contribution in [0.5, 0.6) is 0 Å². The first-order chi connectivity index (χ1) is 11.7. The van der Waals surface area contributed by atoms with Gasteiger partial charge in [-0.2, -0.15) is 5.10 Å². The maximum absolute atomic E-state index is 12.5. The van der Waals surface area contributed by atoms with Crippen LogP contribution in [0.1, 0.15) is 15.4 Å². The Bertz CT molecular complexity index is 682. The predicted molar refractivity (Wildman–Crippen MR) is 93.8 cm³/mol. The fourth-order valence-electron chi connectivity index (χ4n) is 3.03. The van der Waals surface area contributed by atoms with Crippen LogP contribution >= 0.6 is 11.3 Å². The average molecular weight is 348 g/mol. The number of hydrogen-bond acceptors (Lipinski definition) is 5. The molecule has 3 rings (SSSR count).